The minimum Gasteiger partial charge on any atom is -0.445 e. The first kappa shape index (κ1) is 13.0. The van der Waals surface area contributed by atoms with Crippen molar-refractivity contribution >= 4 is 12.0 Å². The van der Waals surface area contributed by atoms with Crippen LogP contribution in [0, 0.1) is 5.53 Å². The number of nitrogens with one attached hydrogen (secondary N) is 3. The van der Waals surface area contributed by atoms with Crippen LogP contribution in [0.5, 0.6) is 0 Å². The van der Waals surface area contributed by atoms with E-state index in [0.717, 1.165) is 5.56 Å². The van der Waals surface area contributed by atoms with Crippen molar-refractivity contribution in [1.82, 2.24) is 10.7 Å². The molecule has 2 amide bonds. The Kier molecular flexibility index (Phi) is 3.74. The quantitative estimate of drug-likeness (QED) is 0.553. The molecule has 2 rings (SSSR count). The Morgan fingerprint density at radius 2 is 2.00 bits per heavy atom. The lowest BCUT2D eigenvalue weighted by atomic mass is 10.2. The van der Waals surface area contributed by atoms with Crippen molar-refractivity contribution in [3.8, 4) is 0 Å². The Hall–Kier alpha value is -2.44. The van der Waals surface area contributed by atoms with Gasteiger partial charge in [0.05, 0.1) is 0 Å². The number of hydrogen-bond donors (Lipinski definition) is 3. The fourth-order valence-corrected chi connectivity index (χ4v) is 1.65. The van der Waals surface area contributed by atoms with Crippen LogP contribution >= 0.6 is 0 Å². The molecule has 0 unspecified atom stereocenters. The normalized spacial score (nSPS) is 15.2. The number of carbonyl (C=O) groups is 2. The maximum absolute atomic E-state index is 11.6. The molecule has 100 valence electrons. The highest BCUT2D eigenvalue weighted by molar-refractivity contribution is 5.92. The average molecular weight is 262 g/mol. The zero-order valence-electron chi connectivity index (χ0n) is 10.2. The number of alkyl carbamates (subject to hydrolysis) is 1. The van der Waals surface area contributed by atoms with Crippen molar-refractivity contribution in [3.63, 3.8) is 0 Å². The van der Waals surface area contributed by atoms with E-state index in [1.165, 1.54) is 0 Å². The third kappa shape index (κ3) is 3.27. The third-order valence-electron chi connectivity index (χ3n) is 2.90. The van der Waals surface area contributed by atoms with Gasteiger partial charge in [0.25, 0.3) is 5.91 Å². The molecule has 0 saturated heterocycles. The molecular formula is C12H14N4O3. The Bertz CT molecular complexity index is 485. The maximum Gasteiger partial charge on any atom is 0.408 e. The molecule has 1 fully saturated rings. The highest BCUT2D eigenvalue weighted by Crippen LogP contribution is 2.35. The fraction of sp³-hybridized carbons (Fsp3) is 0.333. The first-order valence-corrected chi connectivity index (χ1v) is 5.82. The number of nitrogens with zero attached hydrogens (tertiary/aromatic N) is 1. The highest BCUT2D eigenvalue weighted by atomic mass is 16.5. The topological polar surface area (TPSA) is 104 Å². The molecule has 0 radical (unpaired) electrons. The molecule has 0 atom stereocenters. The smallest absolute Gasteiger partial charge is 0.408 e. The van der Waals surface area contributed by atoms with Crippen LogP contribution in [-0.2, 0) is 16.1 Å². The predicted octanol–water partition coefficient (Wildman–Crippen LogP) is 1.51. The van der Waals surface area contributed by atoms with Crippen LogP contribution in [0.25, 0.3) is 0 Å². The summed E-state index contributed by atoms with van der Waals surface area (Å²) in [5, 5.41) is 5.31. The Labute approximate surface area is 109 Å². The first-order valence-electron chi connectivity index (χ1n) is 5.82. The third-order valence-corrected chi connectivity index (χ3v) is 2.90. The Balaban J connectivity index is 1.82. The molecule has 1 aliphatic rings. The van der Waals surface area contributed by atoms with E-state index in [1.807, 2.05) is 35.8 Å². The summed E-state index contributed by atoms with van der Waals surface area (Å²) in [4.78, 5) is 23.1. The van der Waals surface area contributed by atoms with Gasteiger partial charge in [-0.15, -0.1) is 0 Å². The maximum atomic E-state index is 11.6. The summed E-state index contributed by atoms with van der Waals surface area (Å²) in [5.74, 6) is -0.487. The minimum absolute atomic E-state index is 0.146. The van der Waals surface area contributed by atoms with Crippen LogP contribution in [0.2, 0.25) is 0 Å². The lowest BCUT2D eigenvalue weighted by Crippen LogP contribution is -2.47. The monoisotopic (exact) mass is 262 g/mol. The van der Waals surface area contributed by atoms with Gasteiger partial charge in [0.2, 0.25) is 0 Å². The second-order valence-electron chi connectivity index (χ2n) is 4.32. The van der Waals surface area contributed by atoms with Gasteiger partial charge in [-0.2, -0.15) is 5.53 Å². The zero-order chi connectivity index (χ0) is 13.7. The van der Waals surface area contributed by atoms with E-state index in [-0.39, 0.29) is 6.61 Å². The van der Waals surface area contributed by atoms with Crippen molar-refractivity contribution in [1.29, 1.82) is 5.53 Å². The molecule has 1 aromatic rings. The highest BCUT2D eigenvalue weighted by Gasteiger charge is 2.51. The Morgan fingerprint density at radius 3 is 2.58 bits per heavy atom. The van der Waals surface area contributed by atoms with Crippen LogP contribution in [-0.4, -0.2) is 17.5 Å². The van der Waals surface area contributed by atoms with Gasteiger partial charge in [0.1, 0.15) is 12.1 Å². The molecule has 19 heavy (non-hydrogen) atoms. The summed E-state index contributed by atoms with van der Waals surface area (Å²) in [7, 11) is 0. The van der Waals surface area contributed by atoms with Gasteiger partial charge in [-0.1, -0.05) is 35.6 Å². The van der Waals surface area contributed by atoms with E-state index in [1.54, 1.807) is 0 Å². The van der Waals surface area contributed by atoms with E-state index in [2.05, 4.69) is 10.5 Å². The molecule has 1 aromatic carbocycles. The summed E-state index contributed by atoms with van der Waals surface area (Å²) in [6.45, 7) is 0.146. The van der Waals surface area contributed by atoms with Gasteiger partial charge < -0.3 is 10.1 Å². The minimum atomic E-state index is -0.960. The van der Waals surface area contributed by atoms with Gasteiger partial charge in [-0.05, 0) is 18.4 Å². The molecule has 0 aliphatic heterocycles. The number of hydrogen-bond acceptors (Lipinski definition) is 5. The first-order chi connectivity index (χ1) is 9.16. The summed E-state index contributed by atoms with van der Waals surface area (Å²) in [6, 6.07) is 9.25. The number of rotatable bonds is 5. The molecule has 1 aliphatic carbocycles. The van der Waals surface area contributed by atoms with Crippen molar-refractivity contribution < 1.29 is 14.3 Å². The molecule has 0 aromatic heterocycles. The predicted molar refractivity (Wildman–Crippen MR) is 65.0 cm³/mol. The van der Waals surface area contributed by atoms with Gasteiger partial charge in [-0.25, -0.2) is 10.2 Å². The number of amides is 2. The second-order valence-corrected chi connectivity index (χ2v) is 4.32. The van der Waals surface area contributed by atoms with E-state index in [0.29, 0.717) is 12.8 Å². The molecule has 1 saturated carbocycles. The molecule has 7 nitrogen and oxygen atoms in total. The van der Waals surface area contributed by atoms with E-state index in [4.69, 9.17) is 10.3 Å². The largest absolute Gasteiger partial charge is 0.445 e. The Morgan fingerprint density at radius 1 is 1.32 bits per heavy atom. The summed E-state index contributed by atoms with van der Waals surface area (Å²) >= 11 is 0. The zero-order valence-corrected chi connectivity index (χ0v) is 10.2. The van der Waals surface area contributed by atoms with E-state index in [9.17, 15) is 9.59 Å². The SMILES string of the molecule is N=NNC(=O)C1(NC(=O)OCc2ccccc2)CC1. The number of ether oxygens (including phenoxy) is 1. The summed E-state index contributed by atoms with van der Waals surface area (Å²) in [5.41, 5.74) is 8.48. The molecule has 0 spiro atoms. The van der Waals surface area contributed by atoms with Crippen LogP contribution in [0.1, 0.15) is 18.4 Å². The van der Waals surface area contributed by atoms with Crippen LogP contribution in [0.3, 0.4) is 0 Å². The number of carbonyl (C=O) groups excluding carboxylic acids is 2. The standard InChI is InChI=1S/C12H14N4O3/c13-16-15-10(17)12(6-7-12)14-11(18)19-8-9-4-2-1-3-5-9/h1-5H,6-8H2,(H,14,18)(H2,13,15,17). The van der Waals surface area contributed by atoms with Crippen molar-refractivity contribution in [2.75, 3.05) is 0 Å². The summed E-state index contributed by atoms with van der Waals surface area (Å²) in [6.07, 6.45) is 0.394. The fourth-order valence-electron chi connectivity index (χ4n) is 1.65. The van der Waals surface area contributed by atoms with Gasteiger partial charge in [-0.3, -0.25) is 4.79 Å². The summed E-state index contributed by atoms with van der Waals surface area (Å²) < 4.78 is 5.02. The molecule has 0 heterocycles. The lowest BCUT2D eigenvalue weighted by molar-refractivity contribution is -0.124. The molecule has 7 heteroatoms. The van der Waals surface area contributed by atoms with Gasteiger partial charge in [0, 0.05) is 0 Å². The molecule has 3 N–H and O–H groups in total. The van der Waals surface area contributed by atoms with E-state index >= 15 is 0 Å². The second kappa shape index (κ2) is 5.47. The van der Waals surface area contributed by atoms with Crippen molar-refractivity contribution in [2.45, 2.75) is 25.0 Å². The van der Waals surface area contributed by atoms with Crippen molar-refractivity contribution in [2.24, 2.45) is 5.22 Å². The van der Waals surface area contributed by atoms with Crippen LogP contribution in [0.15, 0.2) is 35.6 Å². The van der Waals surface area contributed by atoms with Crippen LogP contribution in [0.4, 0.5) is 4.79 Å². The van der Waals surface area contributed by atoms with Crippen LogP contribution < -0.4 is 10.7 Å². The van der Waals surface area contributed by atoms with Gasteiger partial charge in [0.15, 0.2) is 0 Å². The average Bonchev–Trinajstić information content (AvgIpc) is 3.19. The van der Waals surface area contributed by atoms with Crippen molar-refractivity contribution in [3.05, 3.63) is 35.9 Å². The van der Waals surface area contributed by atoms with Gasteiger partial charge >= 0.3 is 6.09 Å². The van der Waals surface area contributed by atoms with E-state index < -0.39 is 17.5 Å². The number of benzene rings is 1. The molecule has 0 bridgehead atoms. The molecular weight excluding hydrogens is 248 g/mol. The lowest BCUT2D eigenvalue weighted by Gasteiger charge is -2.14.